The van der Waals surface area contributed by atoms with E-state index in [1.165, 1.54) is 0 Å². The van der Waals surface area contributed by atoms with Crippen LogP contribution in [-0.2, 0) is 6.42 Å². The number of ether oxygens (including phenoxy) is 1. The second-order valence-electron chi connectivity index (χ2n) is 6.41. The molecule has 1 aromatic rings. The molecule has 0 saturated carbocycles. The van der Waals surface area contributed by atoms with E-state index in [4.69, 9.17) is 9.16 Å². The minimum absolute atomic E-state index is 0.145. The Kier molecular flexibility index (Phi) is 5.50. The lowest BCUT2D eigenvalue weighted by Gasteiger charge is -2.37. The molecule has 0 aromatic heterocycles. The molecule has 1 rings (SSSR count). The van der Waals surface area contributed by atoms with Crippen molar-refractivity contribution in [2.75, 3.05) is 7.11 Å². The van der Waals surface area contributed by atoms with Crippen LogP contribution >= 0.6 is 15.9 Å². The van der Waals surface area contributed by atoms with Crippen LogP contribution in [0.15, 0.2) is 29.3 Å². The van der Waals surface area contributed by atoms with Crippen molar-refractivity contribution in [2.45, 2.75) is 45.3 Å². The van der Waals surface area contributed by atoms with Gasteiger partial charge in [-0.25, -0.2) is 0 Å². The third-order valence-corrected chi connectivity index (χ3v) is 8.97. The third kappa shape index (κ3) is 3.67. The molecule has 4 heteroatoms. The van der Waals surface area contributed by atoms with E-state index >= 15 is 0 Å². The summed E-state index contributed by atoms with van der Waals surface area (Å²) in [5, 5.41) is 0.145. The molecule has 1 aromatic carbocycles. The number of rotatable bonds is 5. The molecule has 0 aliphatic heterocycles. The minimum atomic E-state index is -1.91. The molecule has 0 N–H and O–H groups in total. The number of hydrogen-bond donors (Lipinski definition) is 0. The number of allylic oxidation sites excluding steroid dienone is 1. The van der Waals surface area contributed by atoms with E-state index in [1.807, 2.05) is 18.2 Å². The Balaban J connectivity index is 3.34. The molecular weight excluding hydrogens is 332 g/mol. The summed E-state index contributed by atoms with van der Waals surface area (Å²) in [6, 6.07) is 3.94. The van der Waals surface area contributed by atoms with Crippen LogP contribution in [0.25, 0.3) is 0 Å². The molecule has 0 unspecified atom stereocenters. The molecule has 0 radical (unpaired) electrons. The van der Waals surface area contributed by atoms with Gasteiger partial charge in [0.15, 0.2) is 11.5 Å². The Labute approximate surface area is 132 Å². The van der Waals surface area contributed by atoms with Gasteiger partial charge in [-0.3, -0.25) is 0 Å². The number of halogens is 1. The molecule has 0 atom stereocenters. The first kappa shape index (κ1) is 17.3. The van der Waals surface area contributed by atoms with Gasteiger partial charge in [0, 0.05) is 10.0 Å². The smallest absolute Gasteiger partial charge is 0.250 e. The van der Waals surface area contributed by atoms with E-state index in [-0.39, 0.29) is 5.04 Å². The summed E-state index contributed by atoms with van der Waals surface area (Å²) in [6.45, 7) is 15.0. The van der Waals surface area contributed by atoms with Gasteiger partial charge in [0.2, 0.25) is 0 Å². The van der Waals surface area contributed by atoms with Crippen LogP contribution in [0.3, 0.4) is 0 Å². The second-order valence-corrected chi connectivity index (χ2v) is 12.0. The highest BCUT2D eigenvalue weighted by atomic mass is 79.9. The molecule has 0 aliphatic carbocycles. The normalized spacial score (nSPS) is 12.2. The fourth-order valence-corrected chi connectivity index (χ4v) is 3.11. The van der Waals surface area contributed by atoms with E-state index in [0.717, 1.165) is 28.0 Å². The highest BCUT2D eigenvalue weighted by Gasteiger charge is 2.40. The molecule has 2 nitrogen and oxygen atoms in total. The highest BCUT2D eigenvalue weighted by molar-refractivity contribution is 9.10. The molecule has 0 aliphatic rings. The molecule has 0 fully saturated rings. The summed E-state index contributed by atoms with van der Waals surface area (Å²) in [7, 11) is -0.232. The third-order valence-electron chi connectivity index (χ3n) is 3.90. The van der Waals surface area contributed by atoms with Crippen LogP contribution in [0.5, 0.6) is 11.5 Å². The number of hydrogen-bond acceptors (Lipinski definition) is 2. The summed E-state index contributed by atoms with van der Waals surface area (Å²) >= 11 is 3.60. The Morgan fingerprint density at radius 3 is 2.35 bits per heavy atom. The summed E-state index contributed by atoms with van der Waals surface area (Å²) < 4.78 is 13.0. The van der Waals surface area contributed by atoms with Crippen molar-refractivity contribution in [1.29, 1.82) is 0 Å². The van der Waals surface area contributed by atoms with Crippen molar-refractivity contribution in [3.05, 3.63) is 34.8 Å². The predicted octanol–water partition coefficient (Wildman–Crippen LogP) is 5.57. The van der Waals surface area contributed by atoms with Gasteiger partial charge in [0.25, 0.3) is 8.32 Å². The lowest BCUT2D eigenvalue weighted by molar-refractivity contribution is 0.384. The number of benzene rings is 1. The monoisotopic (exact) mass is 356 g/mol. The fourth-order valence-electron chi connectivity index (χ4n) is 1.60. The topological polar surface area (TPSA) is 18.5 Å². The van der Waals surface area contributed by atoms with Gasteiger partial charge >= 0.3 is 0 Å². The molecule has 0 bridgehead atoms. The maximum Gasteiger partial charge on any atom is 0.250 e. The Morgan fingerprint density at radius 2 is 1.90 bits per heavy atom. The van der Waals surface area contributed by atoms with E-state index in [0.29, 0.717) is 0 Å². The number of methoxy groups -OCH3 is 1. The summed E-state index contributed by atoms with van der Waals surface area (Å²) in [5.41, 5.74) is 1.10. The van der Waals surface area contributed by atoms with Crippen LogP contribution in [0.1, 0.15) is 26.3 Å². The summed E-state index contributed by atoms with van der Waals surface area (Å²) in [6.07, 6.45) is 2.64. The molecular formula is C16H25BrO2Si. The lowest BCUT2D eigenvalue weighted by Crippen LogP contribution is -2.44. The lowest BCUT2D eigenvalue weighted by atomic mass is 10.1. The van der Waals surface area contributed by atoms with Crippen LogP contribution in [-0.4, -0.2) is 15.4 Å². The van der Waals surface area contributed by atoms with Gasteiger partial charge in [-0.2, -0.15) is 0 Å². The van der Waals surface area contributed by atoms with Crippen molar-refractivity contribution < 1.29 is 9.16 Å². The van der Waals surface area contributed by atoms with Gasteiger partial charge in [-0.1, -0.05) is 42.8 Å². The standard InChI is InChI=1S/C16H25BrO2Si/c1-8-9-12-13(17)10-11-14(18-5)15(12)19-20(6,7)16(2,3)4/h8,10-11H,1,9H2,2-7H3. The van der Waals surface area contributed by atoms with Crippen LogP contribution < -0.4 is 9.16 Å². The first-order valence-corrected chi connectivity index (χ1v) is 10.5. The molecule has 112 valence electrons. The molecule has 0 heterocycles. The SMILES string of the molecule is C=CCc1c(Br)ccc(OC)c1O[Si](C)(C)C(C)(C)C. The first-order valence-electron chi connectivity index (χ1n) is 6.79. The minimum Gasteiger partial charge on any atom is -0.541 e. The average Bonchev–Trinajstić information content (AvgIpc) is 2.32. The van der Waals surface area contributed by atoms with Crippen molar-refractivity contribution in [2.24, 2.45) is 0 Å². The van der Waals surface area contributed by atoms with Crippen LogP contribution in [0.2, 0.25) is 18.1 Å². The summed E-state index contributed by atoms with van der Waals surface area (Å²) in [5.74, 6) is 1.64. The van der Waals surface area contributed by atoms with Crippen molar-refractivity contribution in [3.63, 3.8) is 0 Å². The first-order chi connectivity index (χ1) is 9.14. The zero-order chi connectivity index (χ0) is 15.6. The van der Waals surface area contributed by atoms with Gasteiger partial charge in [0.05, 0.1) is 7.11 Å². The summed E-state index contributed by atoms with van der Waals surface area (Å²) in [4.78, 5) is 0. The Bertz CT molecular complexity index is 490. The van der Waals surface area contributed by atoms with E-state index in [2.05, 4.69) is 56.4 Å². The maximum absolute atomic E-state index is 6.49. The van der Waals surface area contributed by atoms with Gasteiger partial charge in [-0.05, 0) is 36.7 Å². The van der Waals surface area contributed by atoms with E-state index in [1.54, 1.807) is 7.11 Å². The Hall–Kier alpha value is -0.743. The van der Waals surface area contributed by atoms with Gasteiger partial charge < -0.3 is 9.16 Å². The van der Waals surface area contributed by atoms with Gasteiger partial charge in [-0.15, -0.1) is 6.58 Å². The molecule has 0 amide bonds. The Morgan fingerprint density at radius 1 is 1.30 bits per heavy atom. The van der Waals surface area contributed by atoms with E-state index < -0.39 is 8.32 Å². The maximum atomic E-state index is 6.49. The largest absolute Gasteiger partial charge is 0.541 e. The fraction of sp³-hybridized carbons (Fsp3) is 0.500. The van der Waals surface area contributed by atoms with E-state index in [9.17, 15) is 0 Å². The second kappa shape index (κ2) is 6.35. The molecule has 0 saturated heterocycles. The average molecular weight is 357 g/mol. The highest BCUT2D eigenvalue weighted by Crippen LogP contribution is 2.43. The van der Waals surface area contributed by atoms with Gasteiger partial charge in [0.1, 0.15) is 0 Å². The van der Waals surface area contributed by atoms with Crippen molar-refractivity contribution in [3.8, 4) is 11.5 Å². The molecule has 20 heavy (non-hydrogen) atoms. The predicted molar refractivity (Wildman–Crippen MR) is 92.4 cm³/mol. The van der Waals surface area contributed by atoms with Crippen LogP contribution in [0.4, 0.5) is 0 Å². The van der Waals surface area contributed by atoms with Crippen molar-refractivity contribution >= 4 is 24.2 Å². The van der Waals surface area contributed by atoms with Crippen LogP contribution in [0, 0.1) is 0 Å². The quantitative estimate of drug-likeness (QED) is 0.507. The zero-order valence-electron chi connectivity index (χ0n) is 13.3. The molecule has 0 spiro atoms. The van der Waals surface area contributed by atoms with Crippen molar-refractivity contribution in [1.82, 2.24) is 0 Å². The zero-order valence-corrected chi connectivity index (χ0v) is 15.9.